The Balaban J connectivity index is 2.04. The minimum absolute atomic E-state index is 0.0379. The lowest BCUT2D eigenvalue weighted by atomic mass is 10.2. The highest BCUT2D eigenvalue weighted by molar-refractivity contribution is 5.22. The number of ether oxygens (including phenoxy) is 2. The molecule has 0 aliphatic rings. The number of pyridine rings is 1. The molecule has 1 heterocycles. The number of aromatic nitrogens is 1. The molecule has 118 valence electrons. The van der Waals surface area contributed by atoms with Gasteiger partial charge in [-0.15, -0.1) is 0 Å². The topological polar surface area (TPSA) is 66.5 Å². The second kappa shape index (κ2) is 7.77. The molecule has 5 heteroatoms. The highest BCUT2D eigenvalue weighted by Crippen LogP contribution is 2.10. The Hall–Kier alpha value is -2.11. The van der Waals surface area contributed by atoms with E-state index < -0.39 is 0 Å². The lowest BCUT2D eigenvalue weighted by molar-refractivity contribution is 0.0552. The smallest absolute Gasteiger partial charge is 0.223 e. The van der Waals surface area contributed by atoms with Gasteiger partial charge in [-0.2, -0.15) is 0 Å². The first kappa shape index (κ1) is 16.3. The van der Waals surface area contributed by atoms with Gasteiger partial charge in [0, 0.05) is 25.4 Å². The first-order valence-corrected chi connectivity index (χ1v) is 7.28. The minimum Gasteiger partial charge on any atom is -0.483 e. The second-order valence-electron chi connectivity index (χ2n) is 5.24. The first-order valence-electron chi connectivity index (χ1n) is 7.28. The molecule has 1 aromatic heterocycles. The van der Waals surface area contributed by atoms with E-state index in [-0.39, 0.29) is 11.5 Å². The van der Waals surface area contributed by atoms with Gasteiger partial charge in [0.1, 0.15) is 6.61 Å². The molecule has 2 N–H and O–H groups in total. The van der Waals surface area contributed by atoms with Gasteiger partial charge in [0.05, 0.1) is 18.9 Å². The van der Waals surface area contributed by atoms with Crippen LogP contribution in [0.2, 0.25) is 0 Å². The maximum absolute atomic E-state index is 12.1. The summed E-state index contributed by atoms with van der Waals surface area (Å²) < 4.78 is 13.0. The van der Waals surface area contributed by atoms with Gasteiger partial charge in [0.15, 0.2) is 5.75 Å². The van der Waals surface area contributed by atoms with E-state index in [2.05, 4.69) is 0 Å². The Bertz CT molecular complexity index is 653. The second-order valence-corrected chi connectivity index (χ2v) is 5.24. The van der Waals surface area contributed by atoms with Gasteiger partial charge in [0.2, 0.25) is 5.43 Å². The monoisotopic (exact) mass is 302 g/mol. The molecule has 5 nitrogen and oxygen atoms in total. The Labute approximate surface area is 130 Å². The van der Waals surface area contributed by atoms with Gasteiger partial charge in [0.25, 0.3) is 0 Å². The Kier molecular flexibility index (Phi) is 5.75. The number of nitrogens with two attached hydrogens (primary N) is 1. The van der Waals surface area contributed by atoms with E-state index in [1.807, 2.05) is 48.9 Å². The van der Waals surface area contributed by atoms with Crippen molar-refractivity contribution in [2.24, 2.45) is 12.8 Å². The predicted molar refractivity (Wildman–Crippen MR) is 85.8 cm³/mol. The fourth-order valence-corrected chi connectivity index (χ4v) is 1.93. The van der Waals surface area contributed by atoms with Crippen LogP contribution in [0.1, 0.15) is 18.2 Å². The van der Waals surface area contributed by atoms with E-state index >= 15 is 0 Å². The van der Waals surface area contributed by atoms with Crippen LogP contribution in [0.15, 0.2) is 47.4 Å². The van der Waals surface area contributed by atoms with Crippen molar-refractivity contribution in [3.05, 3.63) is 64.1 Å². The number of benzene rings is 1. The average molecular weight is 302 g/mol. The zero-order valence-electron chi connectivity index (χ0n) is 13.0. The van der Waals surface area contributed by atoms with Gasteiger partial charge in [-0.05, 0) is 12.5 Å². The van der Waals surface area contributed by atoms with E-state index in [0.29, 0.717) is 25.5 Å². The van der Waals surface area contributed by atoms with Crippen LogP contribution in [0.25, 0.3) is 0 Å². The van der Waals surface area contributed by atoms with E-state index in [9.17, 15) is 4.79 Å². The standard InChI is InChI=1S/C17H22N2O3/c1-13(9-18)21-12-15-8-16(20)17(10-19(15)2)22-11-14-6-4-3-5-7-14/h3-8,10,13H,9,11-12,18H2,1-2H3. The van der Waals surface area contributed by atoms with Crippen LogP contribution in [-0.2, 0) is 25.0 Å². The normalized spacial score (nSPS) is 12.1. The molecular weight excluding hydrogens is 280 g/mol. The maximum Gasteiger partial charge on any atom is 0.223 e. The van der Waals surface area contributed by atoms with Crippen molar-refractivity contribution in [3.8, 4) is 5.75 Å². The molecule has 0 saturated heterocycles. The third-order valence-corrected chi connectivity index (χ3v) is 3.39. The van der Waals surface area contributed by atoms with E-state index in [1.54, 1.807) is 12.3 Å². The SMILES string of the molecule is CC(CN)OCc1cc(=O)c(OCc2ccccc2)cn1C. The summed E-state index contributed by atoms with van der Waals surface area (Å²) in [6.45, 7) is 3.07. The fourth-order valence-electron chi connectivity index (χ4n) is 1.93. The number of nitrogens with zero attached hydrogens (tertiary/aromatic N) is 1. The molecule has 0 saturated carbocycles. The van der Waals surface area contributed by atoms with Gasteiger partial charge in [-0.1, -0.05) is 30.3 Å². The zero-order chi connectivity index (χ0) is 15.9. The van der Waals surface area contributed by atoms with Crippen LogP contribution in [0.3, 0.4) is 0 Å². The largest absolute Gasteiger partial charge is 0.483 e. The van der Waals surface area contributed by atoms with Crippen LogP contribution in [0.5, 0.6) is 5.75 Å². The van der Waals surface area contributed by atoms with Gasteiger partial charge in [-0.3, -0.25) is 4.79 Å². The van der Waals surface area contributed by atoms with Gasteiger partial charge < -0.3 is 19.8 Å². The van der Waals surface area contributed by atoms with Crippen LogP contribution in [0, 0.1) is 0 Å². The molecule has 0 fully saturated rings. The fraction of sp³-hybridized carbons (Fsp3) is 0.353. The van der Waals surface area contributed by atoms with Crippen LogP contribution >= 0.6 is 0 Å². The predicted octanol–water partition coefficient (Wildman–Crippen LogP) is 1.83. The molecule has 0 spiro atoms. The molecule has 0 aliphatic heterocycles. The van der Waals surface area contributed by atoms with Crippen LogP contribution < -0.4 is 15.9 Å². The first-order chi connectivity index (χ1) is 10.6. The summed E-state index contributed by atoms with van der Waals surface area (Å²) in [7, 11) is 1.86. The molecule has 0 amide bonds. The summed E-state index contributed by atoms with van der Waals surface area (Å²) in [4.78, 5) is 12.1. The molecule has 22 heavy (non-hydrogen) atoms. The van der Waals surface area contributed by atoms with Crippen LogP contribution in [-0.4, -0.2) is 17.2 Å². The molecular formula is C17H22N2O3. The van der Waals surface area contributed by atoms with E-state index in [1.165, 1.54) is 0 Å². The highest BCUT2D eigenvalue weighted by Gasteiger charge is 2.08. The molecule has 2 aromatic rings. The lowest BCUT2D eigenvalue weighted by Crippen LogP contribution is -2.21. The highest BCUT2D eigenvalue weighted by atomic mass is 16.5. The van der Waals surface area contributed by atoms with Crippen molar-refractivity contribution in [1.29, 1.82) is 0 Å². The number of rotatable bonds is 7. The molecule has 1 aromatic carbocycles. The summed E-state index contributed by atoms with van der Waals surface area (Å²) in [5.41, 5.74) is 7.18. The van der Waals surface area contributed by atoms with Crippen molar-refractivity contribution in [1.82, 2.24) is 4.57 Å². The number of hydrogen-bond acceptors (Lipinski definition) is 4. The lowest BCUT2D eigenvalue weighted by Gasteiger charge is -2.14. The Morgan fingerprint density at radius 1 is 1.23 bits per heavy atom. The van der Waals surface area contributed by atoms with Gasteiger partial charge in [-0.25, -0.2) is 0 Å². The van der Waals surface area contributed by atoms with E-state index in [0.717, 1.165) is 11.3 Å². The Morgan fingerprint density at radius 2 is 1.95 bits per heavy atom. The summed E-state index contributed by atoms with van der Waals surface area (Å²) in [5.74, 6) is 0.335. The molecule has 1 atom stereocenters. The van der Waals surface area contributed by atoms with E-state index in [4.69, 9.17) is 15.2 Å². The Morgan fingerprint density at radius 3 is 2.64 bits per heavy atom. The van der Waals surface area contributed by atoms with Crippen molar-refractivity contribution in [2.75, 3.05) is 6.54 Å². The van der Waals surface area contributed by atoms with Gasteiger partial charge >= 0.3 is 0 Å². The third kappa shape index (κ3) is 4.44. The summed E-state index contributed by atoms with van der Waals surface area (Å²) in [5, 5.41) is 0. The molecule has 0 aliphatic carbocycles. The van der Waals surface area contributed by atoms with Crippen LogP contribution in [0.4, 0.5) is 0 Å². The van der Waals surface area contributed by atoms with Crippen molar-refractivity contribution in [2.45, 2.75) is 26.2 Å². The minimum atomic E-state index is -0.145. The maximum atomic E-state index is 12.1. The molecule has 2 rings (SSSR count). The molecule has 1 unspecified atom stereocenters. The third-order valence-electron chi connectivity index (χ3n) is 3.39. The molecule has 0 bridgehead atoms. The van der Waals surface area contributed by atoms with Crippen molar-refractivity contribution in [3.63, 3.8) is 0 Å². The zero-order valence-corrected chi connectivity index (χ0v) is 13.0. The summed E-state index contributed by atoms with van der Waals surface area (Å²) in [6.07, 6.45) is 1.65. The number of hydrogen-bond donors (Lipinski definition) is 1. The van der Waals surface area contributed by atoms with Crippen molar-refractivity contribution < 1.29 is 9.47 Å². The summed E-state index contributed by atoms with van der Waals surface area (Å²) >= 11 is 0. The number of aryl methyl sites for hydroxylation is 1. The quantitative estimate of drug-likeness (QED) is 0.847. The van der Waals surface area contributed by atoms with Crippen molar-refractivity contribution >= 4 is 0 Å². The summed E-state index contributed by atoms with van der Waals surface area (Å²) in [6, 6.07) is 11.3. The average Bonchev–Trinajstić information content (AvgIpc) is 2.54. The molecule has 0 radical (unpaired) electrons.